The standard InChI is InChI=1S/C16H18N2O4/c19-14(17-11-6-5-10(9-11)16(20)21)7-8-15-18-12-3-1-2-4-13(12)22-15/h1-4,10-11H,5-9H2,(H,17,19)(H,20,21)/t10-,11+/m0/s1. The predicted molar refractivity (Wildman–Crippen MR) is 79.2 cm³/mol. The van der Waals surface area contributed by atoms with Crippen LogP contribution in [0.3, 0.4) is 0 Å². The third-order valence-corrected chi connectivity index (χ3v) is 4.05. The number of aliphatic carboxylic acids is 1. The number of carboxylic acid groups (broad SMARTS) is 1. The minimum Gasteiger partial charge on any atom is -0.481 e. The first-order valence-electron chi connectivity index (χ1n) is 7.48. The topological polar surface area (TPSA) is 92.4 Å². The number of rotatable bonds is 5. The number of nitrogens with one attached hydrogen (secondary N) is 1. The molecule has 2 atom stereocenters. The summed E-state index contributed by atoms with van der Waals surface area (Å²) in [6.07, 6.45) is 2.61. The average Bonchev–Trinajstić information content (AvgIpc) is 3.11. The van der Waals surface area contributed by atoms with Gasteiger partial charge in [0.1, 0.15) is 5.52 Å². The summed E-state index contributed by atoms with van der Waals surface area (Å²) in [7, 11) is 0. The molecule has 1 heterocycles. The first-order chi connectivity index (χ1) is 10.6. The van der Waals surface area contributed by atoms with Crippen molar-refractivity contribution in [1.29, 1.82) is 0 Å². The number of fused-ring (bicyclic) bond motifs is 1. The molecule has 6 heteroatoms. The minimum absolute atomic E-state index is 0.0303. The summed E-state index contributed by atoms with van der Waals surface area (Å²) in [6.45, 7) is 0. The Balaban J connectivity index is 1.49. The van der Waals surface area contributed by atoms with E-state index in [1.165, 1.54) is 0 Å². The zero-order valence-corrected chi connectivity index (χ0v) is 12.1. The Hall–Kier alpha value is -2.37. The van der Waals surface area contributed by atoms with Crippen LogP contribution in [-0.4, -0.2) is 28.0 Å². The molecule has 0 aliphatic heterocycles. The number of benzene rings is 1. The third-order valence-electron chi connectivity index (χ3n) is 4.05. The van der Waals surface area contributed by atoms with Crippen molar-refractivity contribution in [3.8, 4) is 0 Å². The van der Waals surface area contributed by atoms with E-state index >= 15 is 0 Å². The van der Waals surface area contributed by atoms with E-state index in [9.17, 15) is 9.59 Å². The maximum Gasteiger partial charge on any atom is 0.306 e. The first-order valence-corrected chi connectivity index (χ1v) is 7.48. The van der Waals surface area contributed by atoms with E-state index in [-0.39, 0.29) is 17.9 Å². The van der Waals surface area contributed by atoms with Gasteiger partial charge in [0.2, 0.25) is 5.91 Å². The van der Waals surface area contributed by atoms with Crippen LogP contribution in [0.5, 0.6) is 0 Å². The number of hydrogen-bond donors (Lipinski definition) is 2. The molecular formula is C16H18N2O4. The zero-order valence-electron chi connectivity index (χ0n) is 12.1. The van der Waals surface area contributed by atoms with Crippen molar-refractivity contribution >= 4 is 23.0 Å². The van der Waals surface area contributed by atoms with Crippen molar-refractivity contribution in [3.05, 3.63) is 30.2 Å². The molecule has 2 N–H and O–H groups in total. The van der Waals surface area contributed by atoms with Crippen LogP contribution in [0.2, 0.25) is 0 Å². The molecule has 1 saturated carbocycles. The number of carbonyl (C=O) groups excluding carboxylic acids is 1. The van der Waals surface area contributed by atoms with Crippen molar-refractivity contribution in [2.24, 2.45) is 5.92 Å². The van der Waals surface area contributed by atoms with E-state index in [0.29, 0.717) is 31.6 Å². The Labute approximate surface area is 127 Å². The Morgan fingerprint density at radius 2 is 2.14 bits per heavy atom. The van der Waals surface area contributed by atoms with Crippen molar-refractivity contribution in [3.63, 3.8) is 0 Å². The molecule has 3 rings (SSSR count). The highest BCUT2D eigenvalue weighted by Crippen LogP contribution is 2.25. The molecular weight excluding hydrogens is 284 g/mol. The van der Waals surface area contributed by atoms with Crippen LogP contribution >= 0.6 is 0 Å². The third kappa shape index (κ3) is 3.27. The molecule has 1 fully saturated rings. The van der Waals surface area contributed by atoms with E-state index in [4.69, 9.17) is 9.52 Å². The fourth-order valence-electron chi connectivity index (χ4n) is 2.88. The number of aryl methyl sites for hydroxylation is 1. The highest BCUT2D eigenvalue weighted by atomic mass is 16.4. The normalized spacial score (nSPS) is 21.1. The van der Waals surface area contributed by atoms with Gasteiger partial charge in [0.15, 0.2) is 11.5 Å². The van der Waals surface area contributed by atoms with Crippen LogP contribution < -0.4 is 5.32 Å². The largest absolute Gasteiger partial charge is 0.481 e. The molecule has 0 unspecified atom stereocenters. The van der Waals surface area contributed by atoms with Gasteiger partial charge in [0.25, 0.3) is 0 Å². The molecule has 1 aromatic heterocycles. The second-order valence-corrected chi connectivity index (χ2v) is 5.69. The van der Waals surface area contributed by atoms with E-state index < -0.39 is 5.97 Å². The van der Waals surface area contributed by atoms with Gasteiger partial charge in [-0.15, -0.1) is 0 Å². The van der Waals surface area contributed by atoms with Crippen LogP contribution in [-0.2, 0) is 16.0 Å². The summed E-state index contributed by atoms with van der Waals surface area (Å²) in [5.74, 6) is -0.643. The maximum absolute atomic E-state index is 11.9. The lowest BCUT2D eigenvalue weighted by molar-refractivity contribution is -0.141. The van der Waals surface area contributed by atoms with Crippen molar-refractivity contribution in [2.75, 3.05) is 0 Å². The molecule has 1 aliphatic rings. The molecule has 1 amide bonds. The van der Waals surface area contributed by atoms with Crippen molar-refractivity contribution < 1.29 is 19.1 Å². The summed E-state index contributed by atoms with van der Waals surface area (Å²) in [6, 6.07) is 7.45. The molecule has 116 valence electrons. The van der Waals surface area contributed by atoms with Crippen LogP contribution in [0.1, 0.15) is 31.6 Å². The van der Waals surface area contributed by atoms with Gasteiger partial charge in [-0.2, -0.15) is 0 Å². The van der Waals surface area contributed by atoms with Gasteiger partial charge in [-0.25, -0.2) is 4.98 Å². The lowest BCUT2D eigenvalue weighted by atomic mass is 10.1. The maximum atomic E-state index is 11.9. The Morgan fingerprint density at radius 3 is 2.86 bits per heavy atom. The van der Waals surface area contributed by atoms with Gasteiger partial charge < -0.3 is 14.8 Å². The van der Waals surface area contributed by atoms with Crippen molar-refractivity contribution in [2.45, 2.75) is 38.1 Å². The van der Waals surface area contributed by atoms with Crippen LogP contribution in [0.15, 0.2) is 28.7 Å². The number of amides is 1. The van der Waals surface area contributed by atoms with Gasteiger partial charge in [-0.3, -0.25) is 9.59 Å². The zero-order chi connectivity index (χ0) is 15.5. The van der Waals surface area contributed by atoms with Gasteiger partial charge in [0.05, 0.1) is 5.92 Å². The lowest BCUT2D eigenvalue weighted by Crippen LogP contribution is -2.33. The number of carbonyl (C=O) groups is 2. The first kappa shape index (κ1) is 14.6. The average molecular weight is 302 g/mol. The molecule has 1 aromatic carbocycles. The molecule has 0 bridgehead atoms. The lowest BCUT2D eigenvalue weighted by Gasteiger charge is -2.11. The number of para-hydroxylation sites is 2. The van der Waals surface area contributed by atoms with Crippen molar-refractivity contribution in [1.82, 2.24) is 10.3 Å². The molecule has 0 saturated heterocycles. The van der Waals surface area contributed by atoms with Gasteiger partial charge in [-0.1, -0.05) is 12.1 Å². The van der Waals surface area contributed by atoms with E-state index in [2.05, 4.69) is 10.3 Å². The van der Waals surface area contributed by atoms with E-state index in [1.54, 1.807) is 0 Å². The SMILES string of the molecule is O=C(CCc1nc2ccccc2o1)N[C@@H]1CC[C@H](C(=O)O)C1. The number of oxazole rings is 1. The second-order valence-electron chi connectivity index (χ2n) is 5.69. The minimum atomic E-state index is -0.775. The number of aromatic nitrogens is 1. The smallest absolute Gasteiger partial charge is 0.306 e. The summed E-state index contributed by atoms with van der Waals surface area (Å²) in [5.41, 5.74) is 1.51. The fraction of sp³-hybridized carbons (Fsp3) is 0.438. The monoisotopic (exact) mass is 302 g/mol. The molecule has 6 nitrogen and oxygen atoms in total. The van der Waals surface area contributed by atoms with Gasteiger partial charge in [0, 0.05) is 18.9 Å². The molecule has 0 radical (unpaired) electrons. The second kappa shape index (κ2) is 6.17. The van der Waals surface area contributed by atoms with Crippen LogP contribution in [0.4, 0.5) is 0 Å². The van der Waals surface area contributed by atoms with Gasteiger partial charge >= 0.3 is 5.97 Å². The number of hydrogen-bond acceptors (Lipinski definition) is 4. The van der Waals surface area contributed by atoms with Gasteiger partial charge in [-0.05, 0) is 31.4 Å². The highest BCUT2D eigenvalue weighted by molar-refractivity contribution is 5.77. The fourth-order valence-corrected chi connectivity index (χ4v) is 2.88. The summed E-state index contributed by atoms with van der Waals surface area (Å²) >= 11 is 0. The van der Waals surface area contributed by atoms with E-state index in [0.717, 1.165) is 17.5 Å². The Kier molecular flexibility index (Phi) is 4.09. The number of nitrogens with zero attached hydrogens (tertiary/aromatic N) is 1. The molecule has 0 spiro atoms. The quantitative estimate of drug-likeness (QED) is 0.882. The van der Waals surface area contributed by atoms with Crippen LogP contribution in [0.25, 0.3) is 11.1 Å². The Bertz CT molecular complexity index is 661. The summed E-state index contributed by atoms with van der Waals surface area (Å²) in [5, 5.41) is 11.8. The summed E-state index contributed by atoms with van der Waals surface area (Å²) in [4.78, 5) is 27.2. The number of carboxylic acids is 1. The molecule has 22 heavy (non-hydrogen) atoms. The summed E-state index contributed by atoms with van der Waals surface area (Å²) < 4.78 is 5.57. The molecule has 2 aromatic rings. The van der Waals surface area contributed by atoms with E-state index in [1.807, 2.05) is 24.3 Å². The predicted octanol–water partition coefficient (Wildman–Crippen LogP) is 2.13. The molecule has 1 aliphatic carbocycles. The highest BCUT2D eigenvalue weighted by Gasteiger charge is 2.30. The van der Waals surface area contributed by atoms with Crippen LogP contribution in [0, 0.1) is 5.92 Å². The Morgan fingerprint density at radius 1 is 1.32 bits per heavy atom.